The molecule has 0 spiro atoms. The molecular weight excluding hydrogens is 384 g/mol. The maximum absolute atomic E-state index is 13.8. The van der Waals surface area contributed by atoms with Crippen molar-refractivity contribution in [2.45, 2.75) is 20.0 Å². The molecule has 0 bridgehead atoms. The van der Waals surface area contributed by atoms with E-state index in [4.69, 9.17) is 4.74 Å². The third-order valence-electron chi connectivity index (χ3n) is 4.86. The van der Waals surface area contributed by atoms with Crippen LogP contribution in [0, 0.1) is 11.6 Å². The van der Waals surface area contributed by atoms with Crippen molar-refractivity contribution < 1.29 is 23.4 Å². The number of piperazine rings is 1. The molecule has 0 unspecified atom stereocenters. The fourth-order valence-electron chi connectivity index (χ4n) is 3.24. The molecule has 1 aliphatic rings. The van der Waals surface area contributed by atoms with E-state index in [2.05, 4.69) is 0 Å². The number of aromatic nitrogens is 1. The normalized spacial score (nSPS) is 14.8. The number of ether oxygens (including phenoxy) is 1. The number of hydrogen-bond acceptors (Lipinski definition) is 5. The van der Waals surface area contributed by atoms with E-state index in [1.165, 1.54) is 6.20 Å². The van der Waals surface area contributed by atoms with Crippen LogP contribution < -0.4 is 5.56 Å². The van der Waals surface area contributed by atoms with Crippen LogP contribution in [0.25, 0.3) is 0 Å². The van der Waals surface area contributed by atoms with Gasteiger partial charge >= 0.3 is 6.09 Å². The van der Waals surface area contributed by atoms with E-state index >= 15 is 0 Å². The molecule has 9 heteroatoms. The van der Waals surface area contributed by atoms with Gasteiger partial charge in [0.25, 0.3) is 5.56 Å². The van der Waals surface area contributed by atoms with E-state index in [1.54, 1.807) is 17.9 Å². The van der Waals surface area contributed by atoms with Crippen LogP contribution in [-0.2, 0) is 17.8 Å². The number of aromatic hydroxyl groups is 1. The first-order valence-corrected chi connectivity index (χ1v) is 9.38. The number of amides is 1. The van der Waals surface area contributed by atoms with Crippen molar-refractivity contribution >= 4 is 6.09 Å². The Hall–Kier alpha value is -2.94. The Bertz CT molecular complexity index is 940. The van der Waals surface area contributed by atoms with Crippen LogP contribution in [0.15, 0.2) is 35.3 Å². The van der Waals surface area contributed by atoms with Gasteiger partial charge < -0.3 is 19.3 Å². The third kappa shape index (κ3) is 4.92. The minimum Gasteiger partial charge on any atom is -0.503 e. The summed E-state index contributed by atoms with van der Waals surface area (Å²) in [4.78, 5) is 27.8. The molecule has 7 nitrogen and oxygen atoms in total. The van der Waals surface area contributed by atoms with E-state index in [-0.39, 0.29) is 18.2 Å². The Morgan fingerprint density at radius 2 is 1.83 bits per heavy atom. The molecule has 2 aromatic rings. The molecule has 1 aromatic carbocycles. The quantitative estimate of drug-likeness (QED) is 0.822. The summed E-state index contributed by atoms with van der Waals surface area (Å²) in [5.41, 5.74) is -0.207. The third-order valence-corrected chi connectivity index (χ3v) is 4.86. The first-order valence-electron chi connectivity index (χ1n) is 9.38. The highest BCUT2D eigenvalue weighted by molar-refractivity contribution is 5.67. The van der Waals surface area contributed by atoms with Crippen LogP contribution in [0.4, 0.5) is 13.6 Å². The summed E-state index contributed by atoms with van der Waals surface area (Å²) >= 11 is 0. The second-order valence-corrected chi connectivity index (χ2v) is 6.82. The molecular formula is C20H23F2N3O4. The van der Waals surface area contributed by atoms with E-state index in [0.717, 1.165) is 22.8 Å². The van der Waals surface area contributed by atoms with Gasteiger partial charge in [-0.05, 0) is 31.2 Å². The van der Waals surface area contributed by atoms with Gasteiger partial charge in [0.05, 0.1) is 13.2 Å². The zero-order valence-corrected chi connectivity index (χ0v) is 16.1. The van der Waals surface area contributed by atoms with Gasteiger partial charge in [-0.3, -0.25) is 9.69 Å². The summed E-state index contributed by atoms with van der Waals surface area (Å²) < 4.78 is 33.3. The fraction of sp³-hybridized carbons (Fsp3) is 0.400. The molecule has 0 radical (unpaired) electrons. The molecule has 1 aromatic heterocycles. The summed E-state index contributed by atoms with van der Waals surface area (Å²) in [5.74, 6) is -1.64. The van der Waals surface area contributed by atoms with Gasteiger partial charge in [-0.1, -0.05) is 0 Å². The summed E-state index contributed by atoms with van der Waals surface area (Å²) in [6, 6.07) is 4.62. The lowest BCUT2D eigenvalue weighted by molar-refractivity contribution is 0.0776. The molecule has 3 rings (SSSR count). The zero-order valence-electron chi connectivity index (χ0n) is 16.1. The molecule has 1 N–H and O–H groups in total. The minimum atomic E-state index is -0.670. The van der Waals surface area contributed by atoms with Crippen LogP contribution >= 0.6 is 0 Å². The number of benzene rings is 1. The SMILES string of the molecule is CCOC(=O)N1CCN(Cc2ccn(Cc3cc(F)ccc3F)c(=O)c2O)CC1. The molecule has 29 heavy (non-hydrogen) atoms. The number of nitrogens with zero attached hydrogens (tertiary/aromatic N) is 3. The van der Waals surface area contributed by atoms with E-state index in [9.17, 15) is 23.5 Å². The Kier molecular flexibility index (Phi) is 6.48. The second kappa shape index (κ2) is 9.04. The van der Waals surface area contributed by atoms with Gasteiger partial charge in [0.15, 0.2) is 5.75 Å². The van der Waals surface area contributed by atoms with Crippen molar-refractivity contribution in [1.29, 1.82) is 0 Å². The van der Waals surface area contributed by atoms with Crippen molar-refractivity contribution in [2.24, 2.45) is 0 Å². The van der Waals surface area contributed by atoms with Crippen molar-refractivity contribution in [1.82, 2.24) is 14.4 Å². The summed E-state index contributed by atoms with van der Waals surface area (Å²) in [6.07, 6.45) is 1.11. The van der Waals surface area contributed by atoms with E-state index in [0.29, 0.717) is 44.9 Å². The van der Waals surface area contributed by atoms with Crippen LogP contribution in [-0.4, -0.2) is 58.4 Å². The number of carbonyl (C=O) groups excluding carboxylic acids is 1. The molecule has 1 saturated heterocycles. The fourth-order valence-corrected chi connectivity index (χ4v) is 3.24. The van der Waals surface area contributed by atoms with Crippen molar-refractivity contribution in [3.05, 3.63) is 63.6 Å². The first-order chi connectivity index (χ1) is 13.9. The number of carbonyl (C=O) groups is 1. The minimum absolute atomic E-state index is 0.0225. The Labute approximate surface area is 166 Å². The lowest BCUT2D eigenvalue weighted by atomic mass is 10.1. The zero-order chi connectivity index (χ0) is 21.0. The standard InChI is InChI=1S/C20H23F2N3O4/c1-2-29-20(28)24-9-7-23(8-10-24)12-14-5-6-25(19(27)18(14)26)13-15-11-16(21)3-4-17(15)22/h3-6,11,26H,2,7-10,12-13H2,1H3. The number of halogens is 2. The molecule has 0 atom stereocenters. The molecule has 2 heterocycles. The molecule has 156 valence electrons. The predicted octanol–water partition coefficient (Wildman–Crippen LogP) is 2.15. The van der Waals surface area contributed by atoms with Crippen molar-refractivity contribution in [3.63, 3.8) is 0 Å². The highest BCUT2D eigenvalue weighted by Gasteiger charge is 2.23. The van der Waals surface area contributed by atoms with Gasteiger partial charge in [-0.2, -0.15) is 0 Å². The first kappa shape index (κ1) is 20.8. The average Bonchev–Trinajstić information content (AvgIpc) is 2.71. The molecule has 1 amide bonds. The van der Waals surface area contributed by atoms with E-state index < -0.39 is 22.9 Å². The molecule has 0 aliphatic carbocycles. The highest BCUT2D eigenvalue weighted by atomic mass is 19.1. The number of hydrogen-bond donors (Lipinski definition) is 1. The van der Waals surface area contributed by atoms with Crippen LogP contribution in [0.5, 0.6) is 5.75 Å². The summed E-state index contributed by atoms with van der Waals surface area (Å²) in [5, 5.41) is 10.3. The van der Waals surface area contributed by atoms with Crippen LogP contribution in [0.1, 0.15) is 18.1 Å². The average molecular weight is 407 g/mol. The Morgan fingerprint density at radius 1 is 1.10 bits per heavy atom. The maximum atomic E-state index is 13.8. The van der Waals surface area contributed by atoms with Gasteiger partial charge in [0.2, 0.25) is 0 Å². The largest absolute Gasteiger partial charge is 0.503 e. The number of rotatable bonds is 5. The van der Waals surface area contributed by atoms with Gasteiger partial charge in [-0.15, -0.1) is 0 Å². The maximum Gasteiger partial charge on any atom is 0.409 e. The van der Waals surface area contributed by atoms with Gasteiger partial charge in [-0.25, -0.2) is 13.6 Å². The topological polar surface area (TPSA) is 75.0 Å². The summed E-state index contributed by atoms with van der Waals surface area (Å²) in [7, 11) is 0. The van der Waals surface area contributed by atoms with Gasteiger partial charge in [0, 0.05) is 50.0 Å². The van der Waals surface area contributed by atoms with Crippen molar-refractivity contribution in [3.8, 4) is 5.75 Å². The van der Waals surface area contributed by atoms with Crippen LogP contribution in [0.3, 0.4) is 0 Å². The monoisotopic (exact) mass is 407 g/mol. The van der Waals surface area contributed by atoms with Gasteiger partial charge in [0.1, 0.15) is 11.6 Å². The molecule has 1 fully saturated rings. The highest BCUT2D eigenvalue weighted by Crippen LogP contribution is 2.17. The lowest BCUT2D eigenvalue weighted by Gasteiger charge is -2.34. The summed E-state index contributed by atoms with van der Waals surface area (Å²) in [6.45, 7) is 4.38. The second-order valence-electron chi connectivity index (χ2n) is 6.82. The number of pyridine rings is 1. The molecule has 1 aliphatic heterocycles. The Balaban J connectivity index is 1.67. The van der Waals surface area contributed by atoms with Crippen molar-refractivity contribution in [2.75, 3.05) is 32.8 Å². The lowest BCUT2D eigenvalue weighted by Crippen LogP contribution is -2.48. The Morgan fingerprint density at radius 3 is 2.52 bits per heavy atom. The van der Waals surface area contributed by atoms with E-state index in [1.807, 2.05) is 4.90 Å². The molecule has 0 saturated carbocycles. The smallest absolute Gasteiger partial charge is 0.409 e. The predicted molar refractivity (Wildman–Crippen MR) is 102 cm³/mol. The van der Waals surface area contributed by atoms with Crippen LogP contribution in [0.2, 0.25) is 0 Å².